The average Bonchev–Trinajstić information content (AvgIpc) is 2.92. The Bertz CT molecular complexity index is 734. The summed E-state index contributed by atoms with van der Waals surface area (Å²) in [6, 6.07) is 14.3. The van der Waals surface area contributed by atoms with Crippen molar-refractivity contribution in [2.45, 2.75) is 32.3 Å². The van der Waals surface area contributed by atoms with Crippen molar-refractivity contribution in [2.75, 3.05) is 6.61 Å². The Labute approximate surface area is 141 Å². The molecular weight excluding hydrogens is 304 g/mol. The number of cyclic esters (lactones) is 1. The number of esters is 1. The minimum absolute atomic E-state index is 0.0513. The van der Waals surface area contributed by atoms with Crippen molar-refractivity contribution in [3.05, 3.63) is 65.2 Å². The normalized spacial score (nSPS) is 15.7. The molecule has 2 aromatic rings. The SMILES string of the molecule is CCCCOc1ccc(C(=O)CC2OC(=O)c3ccccc32)cc1. The maximum Gasteiger partial charge on any atom is 0.339 e. The Morgan fingerprint density at radius 1 is 1.12 bits per heavy atom. The standard InChI is InChI=1S/C20H20O4/c1-2-3-12-23-15-10-8-14(9-11-15)18(21)13-19-16-6-4-5-7-17(16)20(22)24-19/h4-11,19H,2-3,12-13H2,1H3. The third-order valence-corrected chi connectivity index (χ3v) is 4.09. The molecule has 0 aliphatic carbocycles. The molecule has 0 amide bonds. The third kappa shape index (κ3) is 3.48. The van der Waals surface area contributed by atoms with E-state index in [0.29, 0.717) is 17.7 Å². The molecule has 1 aliphatic heterocycles. The van der Waals surface area contributed by atoms with Crippen LogP contribution in [0.2, 0.25) is 0 Å². The lowest BCUT2D eigenvalue weighted by Gasteiger charge is -2.10. The van der Waals surface area contributed by atoms with Crippen LogP contribution >= 0.6 is 0 Å². The molecule has 2 aromatic carbocycles. The van der Waals surface area contributed by atoms with Crippen LogP contribution in [0.25, 0.3) is 0 Å². The first-order valence-electron chi connectivity index (χ1n) is 8.25. The molecule has 0 aromatic heterocycles. The van der Waals surface area contributed by atoms with Crippen molar-refractivity contribution in [1.82, 2.24) is 0 Å². The second-order valence-electron chi connectivity index (χ2n) is 5.83. The number of fused-ring (bicyclic) bond motifs is 1. The molecule has 0 radical (unpaired) electrons. The topological polar surface area (TPSA) is 52.6 Å². The van der Waals surface area contributed by atoms with E-state index in [4.69, 9.17) is 9.47 Å². The molecule has 1 unspecified atom stereocenters. The van der Waals surface area contributed by atoms with E-state index in [1.165, 1.54) is 0 Å². The van der Waals surface area contributed by atoms with Gasteiger partial charge in [0.1, 0.15) is 11.9 Å². The summed E-state index contributed by atoms with van der Waals surface area (Å²) in [5.41, 5.74) is 1.93. The van der Waals surface area contributed by atoms with Gasteiger partial charge < -0.3 is 9.47 Å². The first kappa shape index (κ1) is 16.2. The van der Waals surface area contributed by atoms with E-state index >= 15 is 0 Å². The number of unbranched alkanes of at least 4 members (excludes halogenated alkanes) is 1. The summed E-state index contributed by atoms with van der Waals surface area (Å²) in [5, 5.41) is 0. The largest absolute Gasteiger partial charge is 0.494 e. The van der Waals surface area contributed by atoms with Gasteiger partial charge in [-0.1, -0.05) is 31.5 Å². The van der Waals surface area contributed by atoms with Crippen LogP contribution in [-0.2, 0) is 4.74 Å². The lowest BCUT2D eigenvalue weighted by Crippen LogP contribution is -2.07. The van der Waals surface area contributed by atoms with Crippen LogP contribution in [0.5, 0.6) is 5.75 Å². The summed E-state index contributed by atoms with van der Waals surface area (Å²) in [4.78, 5) is 24.3. The average molecular weight is 324 g/mol. The molecule has 24 heavy (non-hydrogen) atoms. The number of hydrogen-bond donors (Lipinski definition) is 0. The van der Waals surface area contributed by atoms with Gasteiger partial charge in [-0.25, -0.2) is 4.79 Å². The van der Waals surface area contributed by atoms with E-state index in [-0.39, 0.29) is 18.2 Å². The molecule has 0 bridgehead atoms. The van der Waals surface area contributed by atoms with Crippen molar-refractivity contribution < 1.29 is 19.1 Å². The molecule has 0 spiro atoms. The summed E-state index contributed by atoms with van der Waals surface area (Å²) in [7, 11) is 0. The van der Waals surface area contributed by atoms with Crippen LogP contribution in [0.3, 0.4) is 0 Å². The summed E-state index contributed by atoms with van der Waals surface area (Å²) in [6.07, 6.45) is 1.74. The fraction of sp³-hybridized carbons (Fsp3) is 0.300. The fourth-order valence-electron chi connectivity index (χ4n) is 2.73. The molecule has 0 saturated heterocycles. The summed E-state index contributed by atoms with van der Waals surface area (Å²) in [5.74, 6) is 0.352. The predicted molar refractivity (Wildman–Crippen MR) is 90.4 cm³/mol. The number of ketones is 1. The van der Waals surface area contributed by atoms with Gasteiger partial charge in [-0.2, -0.15) is 0 Å². The van der Waals surface area contributed by atoms with Gasteiger partial charge in [0, 0.05) is 11.1 Å². The minimum atomic E-state index is -0.498. The van der Waals surface area contributed by atoms with E-state index < -0.39 is 6.10 Å². The molecule has 124 valence electrons. The first-order chi connectivity index (χ1) is 11.7. The van der Waals surface area contributed by atoms with E-state index in [9.17, 15) is 9.59 Å². The number of hydrogen-bond acceptors (Lipinski definition) is 4. The van der Waals surface area contributed by atoms with Crippen LogP contribution in [-0.4, -0.2) is 18.4 Å². The molecule has 3 rings (SSSR count). The molecule has 0 fully saturated rings. The van der Waals surface area contributed by atoms with E-state index in [1.807, 2.05) is 12.1 Å². The zero-order valence-corrected chi connectivity index (χ0v) is 13.7. The van der Waals surface area contributed by atoms with Gasteiger partial charge in [0.25, 0.3) is 0 Å². The number of benzene rings is 2. The zero-order chi connectivity index (χ0) is 16.9. The summed E-state index contributed by atoms with van der Waals surface area (Å²) in [6.45, 7) is 2.79. The van der Waals surface area contributed by atoms with E-state index in [0.717, 1.165) is 24.2 Å². The summed E-state index contributed by atoms with van der Waals surface area (Å²) >= 11 is 0. The second kappa shape index (κ2) is 7.30. The number of Topliss-reactive ketones (excluding diaryl/α,β-unsaturated/α-hetero) is 1. The monoisotopic (exact) mass is 324 g/mol. The van der Waals surface area contributed by atoms with Crippen molar-refractivity contribution in [3.63, 3.8) is 0 Å². The quantitative estimate of drug-likeness (QED) is 0.432. The van der Waals surface area contributed by atoms with Crippen LogP contribution in [0, 0.1) is 0 Å². The molecule has 0 saturated carbocycles. The first-order valence-corrected chi connectivity index (χ1v) is 8.25. The van der Waals surface area contributed by atoms with Crippen molar-refractivity contribution in [1.29, 1.82) is 0 Å². The highest BCUT2D eigenvalue weighted by Gasteiger charge is 2.32. The second-order valence-corrected chi connectivity index (χ2v) is 5.83. The Kier molecular flexibility index (Phi) is 4.94. The Hall–Kier alpha value is -2.62. The highest BCUT2D eigenvalue weighted by Crippen LogP contribution is 2.33. The molecule has 1 aliphatic rings. The van der Waals surface area contributed by atoms with Gasteiger partial charge in [-0.3, -0.25) is 4.79 Å². The minimum Gasteiger partial charge on any atom is -0.494 e. The third-order valence-electron chi connectivity index (χ3n) is 4.09. The lowest BCUT2D eigenvalue weighted by molar-refractivity contribution is 0.0367. The number of carbonyl (C=O) groups excluding carboxylic acids is 2. The Balaban J connectivity index is 1.64. The van der Waals surface area contributed by atoms with Gasteiger partial charge in [-0.05, 0) is 36.8 Å². The van der Waals surface area contributed by atoms with Gasteiger partial charge in [0.15, 0.2) is 5.78 Å². The number of ether oxygens (including phenoxy) is 2. The van der Waals surface area contributed by atoms with Crippen LogP contribution in [0.15, 0.2) is 48.5 Å². The van der Waals surface area contributed by atoms with Gasteiger partial charge >= 0.3 is 5.97 Å². The van der Waals surface area contributed by atoms with Crippen molar-refractivity contribution in [3.8, 4) is 5.75 Å². The molecule has 0 N–H and O–H groups in total. The van der Waals surface area contributed by atoms with Crippen LogP contribution < -0.4 is 4.74 Å². The van der Waals surface area contributed by atoms with Crippen molar-refractivity contribution >= 4 is 11.8 Å². The smallest absolute Gasteiger partial charge is 0.339 e. The maximum atomic E-state index is 12.5. The molecule has 4 nitrogen and oxygen atoms in total. The highest BCUT2D eigenvalue weighted by molar-refractivity contribution is 5.99. The van der Waals surface area contributed by atoms with Crippen molar-refractivity contribution in [2.24, 2.45) is 0 Å². The maximum absolute atomic E-state index is 12.5. The van der Waals surface area contributed by atoms with Crippen LogP contribution in [0.4, 0.5) is 0 Å². The van der Waals surface area contributed by atoms with Gasteiger partial charge in [0.05, 0.1) is 18.6 Å². The van der Waals surface area contributed by atoms with Crippen LogP contribution in [0.1, 0.15) is 58.6 Å². The number of carbonyl (C=O) groups is 2. The Morgan fingerprint density at radius 2 is 1.88 bits per heavy atom. The highest BCUT2D eigenvalue weighted by atomic mass is 16.5. The fourth-order valence-corrected chi connectivity index (χ4v) is 2.73. The number of rotatable bonds is 7. The van der Waals surface area contributed by atoms with Gasteiger partial charge in [0.2, 0.25) is 0 Å². The predicted octanol–water partition coefficient (Wildman–Crippen LogP) is 4.35. The lowest BCUT2D eigenvalue weighted by atomic mass is 9.98. The zero-order valence-electron chi connectivity index (χ0n) is 13.7. The van der Waals surface area contributed by atoms with Gasteiger partial charge in [-0.15, -0.1) is 0 Å². The summed E-state index contributed by atoms with van der Waals surface area (Å²) < 4.78 is 10.9. The van der Waals surface area contributed by atoms with E-state index in [1.54, 1.807) is 36.4 Å². The Morgan fingerprint density at radius 3 is 2.62 bits per heavy atom. The molecule has 1 heterocycles. The van der Waals surface area contributed by atoms with E-state index in [2.05, 4.69) is 6.92 Å². The molecule has 4 heteroatoms. The molecule has 1 atom stereocenters. The molecular formula is C20H20O4.